The molecule has 0 radical (unpaired) electrons. The average Bonchev–Trinajstić information content (AvgIpc) is 3.24. The van der Waals surface area contributed by atoms with Gasteiger partial charge in [-0.1, -0.05) is 12.1 Å². The van der Waals surface area contributed by atoms with Gasteiger partial charge in [-0.3, -0.25) is 15.6 Å². The van der Waals surface area contributed by atoms with Gasteiger partial charge in [0.25, 0.3) is 12.3 Å². The lowest BCUT2D eigenvalue weighted by Crippen LogP contribution is -2.60. The van der Waals surface area contributed by atoms with Gasteiger partial charge in [-0.2, -0.15) is 0 Å². The highest BCUT2D eigenvalue weighted by Crippen LogP contribution is 2.45. The fourth-order valence-corrected chi connectivity index (χ4v) is 4.29. The number of aryl methyl sites for hydroxylation is 1. The number of halogens is 5. The number of carbonyl (C=O) groups is 1. The zero-order valence-electron chi connectivity index (χ0n) is 18.9. The van der Waals surface area contributed by atoms with E-state index in [0.29, 0.717) is 0 Å². The van der Waals surface area contributed by atoms with Crippen molar-refractivity contribution in [1.82, 2.24) is 15.3 Å². The Hall–Kier alpha value is -3.06. The number of nitrogens with zero attached hydrogens (tertiary/aromatic N) is 2. The van der Waals surface area contributed by atoms with Crippen LogP contribution in [0.15, 0.2) is 18.2 Å². The van der Waals surface area contributed by atoms with E-state index in [-0.39, 0.29) is 48.2 Å². The van der Waals surface area contributed by atoms with Crippen LogP contribution in [0.3, 0.4) is 0 Å². The van der Waals surface area contributed by atoms with E-state index in [9.17, 15) is 26.7 Å². The second kappa shape index (κ2) is 9.53. The van der Waals surface area contributed by atoms with Crippen molar-refractivity contribution in [1.29, 1.82) is 0 Å². The Kier molecular flexibility index (Phi) is 6.82. The van der Waals surface area contributed by atoms with Crippen LogP contribution in [0.2, 0.25) is 0 Å². The van der Waals surface area contributed by atoms with Gasteiger partial charge in [0.15, 0.2) is 17.9 Å². The van der Waals surface area contributed by atoms with Gasteiger partial charge in [0.2, 0.25) is 5.91 Å². The molecule has 13 heteroatoms. The van der Waals surface area contributed by atoms with Crippen LogP contribution < -0.4 is 16.2 Å². The van der Waals surface area contributed by atoms with Gasteiger partial charge in [-0.25, -0.2) is 31.9 Å². The molecule has 1 aromatic heterocycles. The monoisotopic (exact) mass is 501 g/mol. The van der Waals surface area contributed by atoms with Crippen LogP contribution in [-0.4, -0.2) is 40.6 Å². The zero-order valence-corrected chi connectivity index (χ0v) is 18.9. The SMILES string of the molecule is Cc1nc(CC(=O)NC2(C)CC(F)(F)C2)c(C2OCCO2)c(NNc2cccc(C(F)F)c2F)n1. The highest BCUT2D eigenvalue weighted by atomic mass is 19.3. The van der Waals surface area contributed by atoms with Crippen molar-refractivity contribution in [2.45, 2.75) is 57.3 Å². The standard InChI is InChI=1S/C22H24F5N5O3/c1-11-28-14(8-15(33)30-21(2)9-22(26,27)10-21)16(20-34-6-7-35-20)19(29-11)32-31-13-5-3-4-12(17(13)23)18(24)25/h3-5,18,20,31H,6-10H2,1-2H3,(H,30,33)(H,28,29,32). The maximum absolute atomic E-state index is 14.4. The molecule has 2 aromatic rings. The van der Waals surface area contributed by atoms with Crippen LogP contribution >= 0.6 is 0 Å². The first-order chi connectivity index (χ1) is 16.5. The fourth-order valence-electron chi connectivity index (χ4n) is 4.29. The van der Waals surface area contributed by atoms with Gasteiger partial charge in [-0.15, -0.1) is 0 Å². The molecule has 0 bridgehead atoms. The van der Waals surface area contributed by atoms with Crippen molar-refractivity contribution in [3.8, 4) is 0 Å². The van der Waals surface area contributed by atoms with E-state index in [1.807, 2.05) is 0 Å². The number of rotatable bonds is 8. The minimum atomic E-state index is -3.00. The number of hydrogen-bond acceptors (Lipinski definition) is 7. The quantitative estimate of drug-likeness (QED) is 0.369. The summed E-state index contributed by atoms with van der Waals surface area (Å²) in [7, 11) is 0. The van der Waals surface area contributed by atoms with Crippen LogP contribution in [-0.2, 0) is 20.7 Å². The highest BCUT2D eigenvalue weighted by Gasteiger charge is 2.54. The second-order valence-electron chi connectivity index (χ2n) is 8.81. The molecule has 8 nitrogen and oxygen atoms in total. The van der Waals surface area contributed by atoms with E-state index in [0.717, 1.165) is 6.07 Å². The first-order valence-electron chi connectivity index (χ1n) is 10.8. The van der Waals surface area contributed by atoms with Gasteiger partial charge in [0.1, 0.15) is 5.82 Å². The summed E-state index contributed by atoms with van der Waals surface area (Å²) in [5.41, 5.74) is 3.59. The molecule has 2 heterocycles. The molecule has 3 N–H and O–H groups in total. The van der Waals surface area contributed by atoms with E-state index >= 15 is 0 Å². The Morgan fingerprint density at radius 2 is 1.86 bits per heavy atom. The van der Waals surface area contributed by atoms with Crippen LogP contribution in [0, 0.1) is 12.7 Å². The Labute approximate surface area is 197 Å². The summed E-state index contributed by atoms with van der Waals surface area (Å²) in [5, 5.41) is 2.62. The highest BCUT2D eigenvalue weighted by molar-refractivity contribution is 5.80. The molecule has 0 spiro atoms. The van der Waals surface area contributed by atoms with Crippen LogP contribution in [0.25, 0.3) is 0 Å². The van der Waals surface area contributed by atoms with Crippen LogP contribution in [0.1, 0.15) is 55.1 Å². The molecule has 0 atom stereocenters. The summed E-state index contributed by atoms with van der Waals surface area (Å²) < 4.78 is 78.3. The summed E-state index contributed by atoms with van der Waals surface area (Å²) in [5.74, 6) is -4.17. The number of hydrazine groups is 1. The fraction of sp³-hybridized carbons (Fsp3) is 0.500. The number of amides is 1. The third-order valence-electron chi connectivity index (χ3n) is 5.64. The largest absolute Gasteiger partial charge is 0.350 e. The normalized spacial score (nSPS) is 18.9. The van der Waals surface area contributed by atoms with Crippen molar-refractivity contribution in [3.05, 3.63) is 46.7 Å². The van der Waals surface area contributed by atoms with Gasteiger partial charge < -0.3 is 14.8 Å². The van der Waals surface area contributed by atoms with Crippen molar-refractivity contribution in [2.75, 3.05) is 24.1 Å². The van der Waals surface area contributed by atoms with Gasteiger partial charge in [0.05, 0.1) is 42.1 Å². The second-order valence-corrected chi connectivity index (χ2v) is 8.81. The van der Waals surface area contributed by atoms with Crippen molar-refractivity contribution < 1.29 is 36.2 Å². The summed E-state index contributed by atoms with van der Waals surface area (Å²) >= 11 is 0. The molecular formula is C22H24F5N5O3. The maximum atomic E-state index is 14.4. The molecule has 1 aromatic carbocycles. The first-order valence-corrected chi connectivity index (χ1v) is 10.8. The number of hydrogen-bond donors (Lipinski definition) is 3. The molecule has 4 rings (SSSR count). The lowest BCUT2D eigenvalue weighted by molar-refractivity contribution is -0.143. The Morgan fingerprint density at radius 3 is 2.49 bits per heavy atom. The molecule has 35 heavy (non-hydrogen) atoms. The molecule has 1 aliphatic carbocycles. The molecular weight excluding hydrogens is 477 g/mol. The summed E-state index contributed by atoms with van der Waals surface area (Å²) in [4.78, 5) is 21.3. The predicted octanol–water partition coefficient (Wildman–Crippen LogP) is 4.19. The number of nitrogens with one attached hydrogen (secondary N) is 3. The van der Waals surface area contributed by atoms with E-state index < -0.39 is 54.3 Å². The Morgan fingerprint density at radius 1 is 1.17 bits per heavy atom. The summed E-state index contributed by atoms with van der Waals surface area (Å²) in [6, 6.07) is 3.50. The Balaban J connectivity index is 1.58. The topological polar surface area (TPSA) is 97.4 Å². The smallest absolute Gasteiger partial charge is 0.266 e. The van der Waals surface area contributed by atoms with Gasteiger partial charge >= 0.3 is 0 Å². The number of aromatic nitrogens is 2. The summed E-state index contributed by atoms with van der Waals surface area (Å²) in [6.07, 6.45) is -5.17. The number of ether oxygens (including phenoxy) is 2. The molecule has 2 fully saturated rings. The van der Waals surface area contributed by atoms with E-state index in [1.165, 1.54) is 19.1 Å². The van der Waals surface area contributed by atoms with E-state index in [4.69, 9.17) is 9.47 Å². The molecule has 190 valence electrons. The number of carbonyl (C=O) groups excluding carboxylic acids is 1. The Bertz CT molecular complexity index is 1100. The molecule has 1 saturated heterocycles. The number of alkyl halides is 4. The molecule has 1 saturated carbocycles. The van der Waals surface area contributed by atoms with E-state index in [2.05, 4.69) is 26.1 Å². The maximum Gasteiger partial charge on any atom is 0.266 e. The van der Waals surface area contributed by atoms with Gasteiger partial charge in [0, 0.05) is 18.4 Å². The van der Waals surface area contributed by atoms with E-state index in [1.54, 1.807) is 6.92 Å². The zero-order chi connectivity index (χ0) is 25.4. The number of benzene rings is 1. The van der Waals surface area contributed by atoms with Crippen LogP contribution in [0.5, 0.6) is 0 Å². The van der Waals surface area contributed by atoms with Crippen molar-refractivity contribution >= 4 is 17.4 Å². The minimum Gasteiger partial charge on any atom is -0.350 e. The predicted molar refractivity (Wildman–Crippen MR) is 114 cm³/mol. The van der Waals surface area contributed by atoms with Gasteiger partial charge in [-0.05, 0) is 19.9 Å². The van der Waals surface area contributed by atoms with Crippen LogP contribution in [0.4, 0.5) is 33.5 Å². The third-order valence-corrected chi connectivity index (χ3v) is 5.64. The lowest BCUT2D eigenvalue weighted by Gasteiger charge is -2.45. The number of anilines is 2. The average molecular weight is 501 g/mol. The first kappa shape index (κ1) is 25.0. The molecule has 1 amide bonds. The summed E-state index contributed by atoms with van der Waals surface area (Å²) in [6.45, 7) is 3.61. The van der Waals surface area contributed by atoms with Crippen molar-refractivity contribution in [3.63, 3.8) is 0 Å². The third kappa shape index (κ3) is 5.61. The lowest BCUT2D eigenvalue weighted by atomic mass is 9.75. The molecule has 1 aliphatic heterocycles. The minimum absolute atomic E-state index is 0.0791. The molecule has 0 unspecified atom stereocenters. The van der Waals surface area contributed by atoms with Crippen molar-refractivity contribution in [2.24, 2.45) is 0 Å². The molecule has 2 aliphatic rings.